The van der Waals surface area contributed by atoms with E-state index in [1.165, 1.54) is 4.57 Å². The molecule has 1 atom stereocenters. The zero-order valence-electron chi connectivity index (χ0n) is 16.7. The van der Waals surface area contributed by atoms with Gasteiger partial charge in [-0.2, -0.15) is 0 Å². The molecule has 3 rings (SSSR count). The van der Waals surface area contributed by atoms with Gasteiger partial charge in [0.05, 0.1) is 19.2 Å². The zero-order chi connectivity index (χ0) is 21.0. The van der Waals surface area contributed by atoms with Gasteiger partial charge in [-0.3, -0.25) is 14.3 Å². The van der Waals surface area contributed by atoms with Crippen molar-refractivity contribution in [3.63, 3.8) is 0 Å². The second-order valence-electron chi connectivity index (χ2n) is 7.41. The topological polar surface area (TPSA) is 105 Å². The van der Waals surface area contributed by atoms with Gasteiger partial charge < -0.3 is 20.7 Å². The van der Waals surface area contributed by atoms with E-state index in [2.05, 4.69) is 10.3 Å². The van der Waals surface area contributed by atoms with Gasteiger partial charge in [0.15, 0.2) is 10.8 Å². The number of nitrogens with one attached hydrogen (secondary N) is 2. The van der Waals surface area contributed by atoms with E-state index in [1.807, 2.05) is 44.2 Å². The van der Waals surface area contributed by atoms with Crippen molar-refractivity contribution in [2.75, 3.05) is 23.8 Å². The van der Waals surface area contributed by atoms with E-state index in [0.717, 1.165) is 18.4 Å². The Hall–Kier alpha value is -2.65. The average molecular weight is 418 g/mol. The molecule has 1 saturated heterocycles. The van der Waals surface area contributed by atoms with Crippen molar-refractivity contribution in [3.05, 3.63) is 56.7 Å². The van der Waals surface area contributed by atoms with Crippen LogP contribution in [0, 0.1) is 0 Å². The lowest BCUT2D eigenvalue weighted by molar-refractivity contribution is 0.117. The van der Waals surface area contributed by atoms with Crippen LogP contribution in [0.4, 0.5) is 11.5 Å². The van der Waals surface area contributed by atoms with Crippen LogP contribution in [0.25, 0.3) is 0 Å². The fraction of sp³-hybridized carbons (Fsp3) is 0.450. The van der Waals surface area contributed by atoms with Crippen LogP contribution in [-0.4, -0.2) is 40.0 Å². The third-order valence-corrected chi connectivity index (χ3v) is 5.07. The summed E-state index contributed by atoms with van der Waals surface area (Å²) >= 11 is 5.56. The molecule has 0 spiro atoms. The van der Waals surface area contributed by atoms with E-state index in [-0.39, 0.29) is 30.2 Å². The number of ether oxygens (including phenoxy) is 1. The number of benzene rings is 1. The molecular formula is C20H27N5O3S. The molecule has 1 aromatic carbocycles. The van der Waals surface area contributed by atoms with Crippen molar-refractivity contribution in [1.82, 2.24) is 14.9 Å². The highest BCUT2D eigenvalue weighted by Crippen LogP contribution is 2.22. The fourth-order valence-electron chi connectivity index (χ4n) is 3.35. The first-order valence-electron chi connectivity index (χ1n) is 9.73. The van der Waals surface area contributed by atoms with Gasteiger partial charge in [-0.25, -0.2) is 4.79 Å². The molecule has 0 radical (unpaired) electrons. The van der Waals surface area contributed by atoms with Crippen molar-refractivity contribution >= 4 is 28.8 Å². The molecule has 8 nitrogen and oxygen atoms in total. The standard InChI is InChI=1S/C20H27N5O3S/c1-13(2)22-20(29)24(12-15-9-6-10-28-15)16-17(21)25(19(27)23-18(16)26)11-14-7-4-3-5-8-14/h3-5,7-8,13,15H,6,9-12,21H2,1-2H3,(H,22,29)(H,23,26,27)/t15-/m1/s1. The van der Waals surface area contributed by atoms with Crippen molar-refractivity contribution in [1.29, 1.82) is 0 Å². The molecule has 9 heteroatoms. The minimum atomic E-state index is -0.567. The van der Waals surface area contributed by atoms with Crippen molar-refractivity contribution in [2.24, 2.45) is 0 Å². The average Bonchev–Trinajstić information content (AvgIpc) is 3.17. The highest BCUT2D eigenvalue weighted by atomic mass is 32.1. The van der Waals surface area contributed by atoms with Gasteiger partial charge in [-0.1, -0.05) is 30.3 Å². The van der Waals surface area contributed by atoms with E-state index in [0.29, 0.717) is 18.3 Å². The lowest BCUT2D eigenvalue weighted by Crippen LogP contribution is -2.49. The summed E-state index contributed by atoms with van der Waals surface area (Å²) in [6.07, 6.45) is 1.78. The third kappa shape index (κ3) is 5.04. The van der Waals surface area contributed by atoms with Gasteiger partial charge in [0.1, 0.15) is 5.82 Å². The van der Waals surface area contributed by atoms with E-state index < -0.39 is 11.2 Å². The Morgan fingerprint density at radius 1 is 1.38 bits per heavy atom. The third-order valence-electron chi connectivity index (χ3n) is 4.74. The molecular weight excluding hydrogens is 390 g/mol. The second-order valence-corrected chi connectivity index (χ2v) is 7.80. The fourth-order valence-corrected chi connectivity index (χ4v) is 3.76. The number of hydrogen-bond acceptors (Lipinski definition) is 5. The van der Waals surface area contributed by atoms with Crippen LogP contribution in [0.2, 0.25) is 0 Å². The number of hydrogen-bond donors (Lipinski definition) is 3. The van der Waals surface area contributed by atoms with Gasteiger partial charge in [0, 0.05) is 12.6 Å². The summed E-state index contributed by atoms with van der Waals surface area (Å²) in [5.74, 6) is 0.0773. The van der Waals surface area contributed by atoms with E-state index in [4.69, 9.17) is 22.7 Å². The van der Waals surface area contributed by atoms with Crippen LogP contribution in [0.15, 0.2) is 39.9 Å². The number of anilines is 2. The molecule has 4 N–H and O–H groups in total. The molecule has 0 aliphatic carbocycles. The molecule has 0 saturated carbocycles. The van der Waals surface area contributed by atoms with Gasteiger partial charge in [0.2, 0.25) is 0 Å². The van der Waals surface area contributed by atoms with E-state index >= 15 is 0 Å². The second kappa shape index (κ2) is 9.23. The summed E-state index contributed by atoms with van der Waals surface area (Å²) in [5, 5.41) is 3.53. The molecule has 2 heterocycles. The Labute approximate surface area is 174 Å². The van der Waals surface area contributed by atoms with Crippen molar-refractivity contribution < 1.29 is 4.74 Å². The maximum absolute atomic E-state index is 12.8. The number of H-pyrrole nitrogens is 1. The smallest absolute Gasteiger partial charge is 0.330 e. The highest BCUT2D eigenvalue weighted by molar-refractivity contribution is 7.80. The SMILES string of the molecule is CC(C)NC(=S)N(C[C@H]1CCCO1)c1c(N)n(Cc2ccccc2)c(=O)[nH]c1=O. The van der Waals surface area contributed by atoms with E-state index in [9.17, 15) is 9.59 Å². The quantitative estimate of drug-likeness (QED) is 0.611. The van der Waals surface area contributed by atoms with Gasteiger partial charge in [0.25, 0.3) is 5.56 Å². The lowest BCUT2D eigenvalue weighted by atomic mass is 10.2. The summed E-state index contributed by atoms with van der Waals surface area (Å²) < 4.78 is 7.09. The molecule has 1 aromatic heterocycles. The molecule has 2 aromatic rings. The number of nitrogen functional groups attached to an aromatic ring is 1. The molecule has 1 aliphatic rings. The lowest BCUT2D eigenvalue weighted by Gasteiger charge is -2.30. The molecule has 156 valence electrons. The molecule has 0 bridgehead atoms. The minimum absolute atomic E-state index is 0.0600. The number of nitrogens with two attached hydrogens (primary N) is 1. The minimum Gasteiger partial charge on any atom is -0.383 e. The summed E-state index contributed by atoms with van der Waals surface area (Å²) in [5.41, 5.74) is 6.28. The zero-order valence-corrected chi connectivity index (χ0v) is 17.5. The predicted octanol–water partition coefficient (Wildman–Crippen LogP) is 1.44. The normalized spacial score (nSPS) is 16.2. The predicted molar refractivity (Wildman–Crippen MR) is 118 cm³/mol. The monoisotopic (exact) mass is 417 g/mol. The summed E-state index contributed by atoms with van der Waals surface area (Å²) in [4.78, 5) is 29.3. The Balaban J connectivity index is 2.03. The summed E-state index contributed by atoms with van der Waals surface area (Å²) in [6.45, 7) is 5.23. The Kier molecular flexibility index (Phi) is 6.71. The maximum Gasteiger partial charge on any atom is 0.330 e. The Bertz CT molecular complexity index is 964. The number of nitrogens with zero attached hydrogens (tertiary/aromatic N) is 2. The van der Waals surface area contributed by atoms with Gasteiger partial charge in [-0.05, 0) is 44.5 Å². The first-order chi connectivity index (χ1) is 13.9. The number of rotatable bonds is 6. The highest BCUT2D eigenvalue weighted by Gasteiger charge is 2.27. The van der Waals surface area contributed by atoms with Crippen LogP contribution in [0.1, 0.15) is 32.3 Å². The van der Waals surface area contributed by atoms with Crippen molar-refractivity contribution in [3.8, 4) is 0 Å². The van der Waals surface area contributed by atoms with Gasteiger partial charge >= 0.3 is 5.69 Å². The van der Waals surface area contributed by atoms with Crippen LogP contribution in [-0.2, 0) is 11.3 Å². The van der Waals surface area contributed by atoms with Gasteiger partial charge in [-0.15, -0.1) is 0 Å². The van der Waals surface area contributed by atoms with Crippen LogP contribution in [0.5, 0.6) is 0 Å². The molecule has 0 amide bonds. The molecule has 0 unspecified atom stereocenters. The van der Waals surface area contributed by atoms with Crippen molar-refractivity contribution in [2.45, 2.75) is 45.4 Å². The number of aromatic nitrogens is 2. The molecule has 1 aliphatic heterocycles. The Morgan fingerprint density at radius 3 is 2.72 bits per heavy atom. The summed E-state index contributed by atoms with van der Waals surface area (Å²) in [6, 6.07) is 9.53. The van der Waals surface area contributed by atoms with E-state index in [1.54, 1.807) is 4.90 Å². The maximum atomic E-state index is 12.8. The Morgan fingerprint density at radius 2 is 2.10 bits per heavy atom. The van der Waals surface area contributed by atoms with Crippen LogP contribution >= 0.6 is 12.2 Å². The summed E-state index contributed by atoms with van der Waals surface area (Å²) in [7, 11) is 0. The number of aromatic amines is 1. The molecule has 29 heavy (non-hydrogen) atoms. The van der Waals surface area contributed by atoms with Crippen LogP contribution in [0.3, 0.4) is 0 Å². The number of thiocarbonyl (C=S) groups is 1. The molecule has 1 fully saturated rings. The van der Waals surface area contributed by atoms with Crippen LogP contribution < -0.4 is 27.2 Å². The first-order valence-corrected chi connectivity index (χ1v) is 10.1. The first kappa shape index (κ1) is 21.1. The largest absolute Gasteiger partial charge is 0.383 e.